The Bertz CT molecular complexity index is 863. The van der Waals surface area contributed by atoms with Crippen LogP contribution in [0.2, 0.25) is 0 Å². The number of para-hydroxylation sites is 1. The van der Waals surface area contributed by atoms with Crippen LogP contribution in [0, 0.1) is 0 Å². The van der Waals surface area contributed by atoms with Crippen LogP contribution in [0.5, 0.6) is 17.2 Å². The van der Waals surface area contributed by atoms with Gasteiger partial charge in [0.05, 0.1) is 19.6 Å². The van der Waals surface area contributed by atoms with Gasteiger partial charge in [0.25, 0.3) is 0 Å². The molecule has 0 fully saturated rings. The number of rotatable bonds is 2. The Hall–Kier alpha value is -2.69. The van der Waals surface area contributed by atoms with Crippen molar-refractivity contribution in [2.45, 2.75) is 0 Å². The van der Waals surface area contributed by atoms with E-state index in [1.165, 1.54) is 20.3 Å². The average molecular weight is 272 g/mol. The normalized spacial score (nSPS) is 10.9. The summed E-state index contributed by atoms with van der Waals surface area (Å²) in [5.41, 5.74) is 0.318. The second-order valence-electron chi connectivity index (χ2n) is 4.26. The van der Waals surface area contributed by atoms with E-state index in [0.717, 1.165) is 0 Å². The number of ether oxygens (including phenoxy) is 2. The molecule has 0 bridgehead atoms. The Morgan fingerprint density at radius 1 is 1.10 bits per heavy atom. The fraction of sp³-hybridized carbons (Fsp3) is 0.133. The monoisotopic (exact) mass is 272 g/mol. The van der Waals surface area contributed by atoms with Crippen molar-refractivity contribution < 1.29 is 19.0 Å². The van der Waals surface area contributed by atoms with E-state index in [-0.39, 0.29) is 27.9 Å². The van der Waals surface area contributed by atoms with E-state index >= 15 is 0 Å². The van der Waals surface area contributed by atoms with Gasteiger partial charge in [0, 0.05) is 6.07 Å². The van der Waals surface area contributed by atoms with Gasteiger partial charge in [-0.2, -0.15) is 0 Å². The summed E-state index contributed by atoms with van der Waals surface area (Å²) < 4.78 is 15.9. The molecule has 1 heterocycles. The van der Waals surface area contributed by atoms with Crippen LogP contribution in [0.15, 0.2) is 39.5 Å². The lowest BCUT2D eigenvalue weighted by atomic mass is 10.1. The third kappa shape index (κ3) is 1.60. The Morgan fingerprint density at radius 3 is 2.50 bits per heavy atom. The van der Waals surface area contributed by atoms with Crippen LogP contribution in [0.1, 0.15) is 0 Å². The summed E-state index contributed by atoms with van der Waals surface area (Å²) in [6.07, 6.45) is 0. The van der Waals surface area contributed by atoms with E-state index < -0.39 is 0 Å². The minimum absolute atomic E-state index is 0.0555. The molecule has 3 rings (SSSR count). The molecule has 20 heavy (non-hydrogen) atoms. The average Bonchev–Trinajstić information content (AvgIpc) is 2.48. The number of phenolic OH excluding ortho intramolecular Hbond substituents is 1. The number of fused-ring (bicyclic) bond motifs is 2. The highest BCUT2D eigenvalue weighted by atomic mass is 16.5. The summed E-state index contributed by atoms with van der Waals surface area (Å²) in [5.74, 6) is 0.247. The van der Waals surface area contributed by atoms with E-state index in [2.05, 4.69) is 0 Å². The predicted octanol–water partition coefficient (Wildman–Crippen LogP) is 2.67. The molecule has 0 radical (unpaired) electrons. The largest absolute Gasteiger partial charge is 0.504 e. The Morgan fingerprint density at radius 2 is 1.80 bits per heavy atom. The summed E-state index contributed by atoms with van der Waals surface area (Å²) in [7, 11) is 2.86. The van der Waals surface area contributed by atoms with Crippen molar-refractivity contribution in [2.75, 3.05) is 14.2 Å². The molecule has 0 unspecified atom stereocenters. The van der Waals surface area contributed by atoms with Crippen molar-refractivity contribution in [1.29, 1.82) is 0 Å². The summed E-state index contributed by atoms with van der Waals surface area (Å²) in [6.45, 7) is 0. The molecule has 0 saturated carbocycles. The molecule has 3 aromatic rings. The number of phenols is 1. The molecule has 5 heteroatoms. The Balaban J connectivity index is 2.60. The molecule has 0 amide bonds. The second kappa shape index (κ2) is 4.45. The van der Waals surface area contributed by atoms with Crippen molar-refractivity contribution in [3.8, 4) is 17.2 Å². The predicted molar refractivity (Wildman–Crippen MR) is 74.8 cm³/mol. The molecule has 2 aromatic carbocycles. The lowest BCUT2D eigenvalue weighted by Crippen LogP contribution is -2.04. The van der Waals surface area contributed by atoms with Crippen molar-refractivity contribution in [1.82, 2.24) is 0 Å². The molecule has 1 N–H and O–H groups in total. The molecule has 1 aromatic heterocycles. The maximum Gasteiger partial charge on any atom is 0.204 e. The van der Waals surface area contributed by atoms with Crippen LogP contribution in [-0.2, 0) is 0 Å². The summed E-state index contributed by atoms with van der Waals surface area (Å²) in [4.78, 5) is 12.5. The third-order valence-electron chi connectivity index (χ3n) is 3.19. The van der Waals surface area contributed by atoms with Gasteiger partial charge >= 0.3 is 0 Å². The molecule has 0 spiro atoms. The topological polar surface area (TPSA) is 68.9 Å². The van der Waals surface area contributed by atoms with Crippen LogP contribution < -0.4 is 14.9 Å². The van der Waals surface area contributed by atoms with E-state index in [4.69, 9.17) is 13.9 Å². The van der Waals surface area contributed by atoms with Crippen LogP contribution in [-0.4, -0.2) is 19.3 Å². The fourth-order valence-electron chi connectivity index (χ4n) is 2.21. The molecule has 0 atom stereocenters. The zero-order chi connectivity index (χ0) is 14.3. The highest BCUT2D eigenvalue weighted by molar-refractivity contribution is 5.97. The zero-order valence-corrected chi connectivity index (χ0v) is 11.0. The van der Waals surface area contributed by atoms with Gasteiger partial charge in [-0.1, -0.05) is 12.1 Å². The summed E-state index contributed by atoms with van der Waals surface area (Å²) >= 11 is 0. The molecule has 0 aliphatic carbocycles. The molecule has 0 aliphatic heterocycles. The van der Waals surface area contributed by atoms with Gasteiger partial charge in [0.2, 0.25) is 5.43 Å². The standard InChI is InChI=1S/C15H12O5/c1-18-10-7-11(19-2)15-12(14(10)17)13(16)8-5-3-4-6-9(8)20-15/h3-7,17H,1-2H3. The number of methoxy groups -OCH3 is 2. The maximum atomic E-state index is 12.5. The van der Waals surface area contributed by atoms with Crippen molar-refractivity contribution in [3.63, 3.8) is 0 Å². The third-order valence-corrected chi connectivity index (χ3v) is 3.19. The molecule has 5 nitrogen and oxygen atoms in total. The minimum atomic E-state index is -0.323. The van der Waals surface area contributed by atoms with Gasteiger partial charge in [-0.3, -0.25) is 4.79 Å². The second-order valence-corrected chi connectivity index (χ2v) is 4.26. The summed E-state index contributed by atoms with van der Waals surface area (Å²) in [6, 6.07) is 8.32. The first-order chi connectivity index (χ1) is 9.67. The first kappa shape index (κ1) is 12.3. The van der Waals surface area contributed by atoms with Crippen molar-refractivity contribution in [2.24, 2.45) is 0 Å². The number of aromatic hydroxyl groups is 1. The number of hydrogen-bond acceptors (Lipinski definition) is 5. The zero-order valence-electron chi connectivity index (χ0n) is 11.0. The molecule has 102 valence electrons. The van der Waals surface area contributed by atoms with Gasteiger partial charge < -0.3 is 19.0 Å². The Kier molecular flexibility index (Phi) is 2.75. The molecule has 0 saturated heterocycles. The van der Waals surface area contributed by atoms with Gasteiger partial charge in [0.15, 0.2) is 22.8 Å². The molecular formula is C15H12O5. The van der Waals surface area contributed by atoms with E-state index in [9.17, 15) is 9.90 Å². The maximum absolute atomic E-state index is 12.5. The van der Waals surface area contributed by atoms with Crippen molar-refractivity contribution >= 4 is 21.9 Å². The SMILES string of the molecule is COc1cc(OC)c2oc3ccccc3c(=O)c2c1O. The minimum Gasteiger partial charge on any atom is -0.504 e. The lowest BCUT2D eigenvalue weighted by molar-refractivity contribution is 0.366. The smallest absolute Gasteiger partial charge is 0.204 e. The van der Waals surface area contributed by atoms with Crippen LogP contribution >= 0.6 is 0 Å². The van der Waals surface area contributed by atoms with Crippen LogP contribution in [0.25, 0.3) is 21.9 Å². The Labute approximate surface area is 114 Å². The van der Waals surface area contributed by atoms with Gasteiger partial charge in [-0.15, -0.1) is 0 Å². The van der Waals surface area contributed by atoms with Gasteiger partial charge in [-0.25, -0.2) is 0 Å². The van der Waals surface area contributed by atoms with E-state index in [0.29, 0.717) is 16.7 Å². The van der Waals surface area contributed by atoms with Crippen molar-refractivity contribution in [3.05, 3.63) is 40.6 Å². The van der Waals surface area contributed by atoms with E-state index in [1.54, 1.807) is 24.3 Å². The first-order valence-corrected chi connectivity index (χ1v) is 5.97. The van der Waals surface area contributed by atoms with Crippen LogP contribution in [0.3, 0.4) is 0 Å². The van der Waals surface area contributed by atoms with Gasteiger partial charge in [-0.05, 0) is 12.1 Å². The highest BCUT2D eigenvalue weighted by Crippen LogP contribution is 2.39. The highest BCUT2D eigenvalue weighted by Gasteiger charge is 2.19. The molecule has 0 aliphatic rings. The van der Waals surface area contributed by atoms with Crippen LogP contribution in [0.4, 0.5) is 0 Å². The first-order valence-electron chi connectivity index (χ1n) is 5.97. The van der Waals surface area contributed by atoms with Gasteiger partial charge in [0.1, 0.15) is 11.0 Å². The lowest BCUT2D eigenvalue weighted by Gasteiger charge is -2.10. The number of hydrogen-bond donors (Lipinski definition) is 1. The molecular weight excluding hydrogens is 260 g/mol. The fourth-order valence-corrected chi connectivity index (χ4v) is 2.21. The quantitative estimate of drug-likeness (QED) is 0.726. The van der Waals surface area contributed by atoms with E-state index in [1.807, 2.05) is 0 Å². The summed E-state index contributed by atoms with van der Waals surface area (Å²) in [5, 5.41) is 10.6. The number of benzene rings is 2.